The van der Waals surface area contributed by atoms with Crippen molar-refractivity contribution >= 4 is 27.9 Å². The molecular weight excluding hydrogens is 411 g/mol. The highest BCUT2D eigenvalue weighted by Gasteiger charge is 2.31. The Morgan fingerprint density at radius 2 is 1.87 bits per heavy atom. The Morgan fingerprint density at radius 3 is 2.57 bits per heavy atom. The number of halogens is 3. The fourth-order valence-electron chi connectivity index (χ4n) is 4.33. The van der Waals surface area contributed by atoms with Crippen LogP contribution < -0.4 is 10.2 Å². The molecule has 0 bridgehead atoms. The molecule has 1 saturated heterocycles. The molecule has 1 amide bonds. The molecule has 162 valence electrons. The van der Waals surface area contributed by atoms with E-state index in [4.69, 9.17) is 0 Å². The molecule has 0 atom stereocenters. The highest BCUT2D eigenvalue weighted by atomic mass is 32.1. The van der Waals surface area contributed by atoms with E-state index < -0.39 is 11.7 Å². The third-order valence-corrected chi connectivity index (χ3v) is 7.11. The van der Waals surface area contributed by atoms with Crippen molar-refractivity contribution in [2.24, 2.45) is 0 Å². The molecule has 2 aliphatic rings. The van der Waals surface area contributed by atoms with Crippen LogP contribution in [0.15, 0.2) is 24.3 Å². The van der Waals surface area contributed by atoms with Crippen molar-refractivity contribution in [1.29, 1.82) is 0 Å². The van der Waals surface area contributed by atoms with E-state index in [1.54, 1.807) is 17.4 Å². The number of hydrogen-bond donors (Lipinski definition) is 1. The number of alkyl halides is 3. The van der Waals surface area contributed by atoms with Crippen molar-refractivity contribution in [3.8, 4) is 0 Å². The molecule has 0 radical (unpaired) electrons. The van der Waals surface area contributed by atoms with Gasteiger partial charge in [0.15, 0.2) is 0 Å². The van der Waals surface area contributed by atoms with Crippen LogP contribution in [-0.2, 0) is 30.4 Å². The topological polar surface area (TPSA) is 35.6 Å². The summed E-state index contributed by atoms with van der Waals surface area (Å²) in [5.41, 5.74) is 2.65. The molecule has 0 unspecified atom stereocenters. The highest BCUT2D eigenvalue weighted by Crippen LogP contribution is 2.39. The van der Waals surface area contributed by atoms with Crippen molar-refractivity contribution in [1.82, 2.24) is 4.90 Å². The minimum Gasteiger partial charge on any atom is -0.369 e. The summed E-state index contributed by atoms with van der Waals surface area (Å²) in [6.45, 7) is 5.24. The molecule has 1 fully saturated rings. The maximum atomic E-state index is 13.0. The summed E-state index contributed by atoms with van der Waals surface area (Å²) >= 11 is 1.70. The lowest BCUT2D eigenvalue weighted by Crippen LogP contribution is -2.46. The molecule has 8 heteroatoms. The number of anilines is 2. The summed E-state index contributed by atoms with van der Waals surface area (Å²) in [6.07, 6.45) is 0.193. The molecule has 0 saturated carbocycles. The Kier molecular flexibility index (Phi) is 6.06. The van der Waals surface area contributed by atoms with Crippen LogP contribution in [0, 0.1) is 0 Å². The zero-order chi connectivity index (χ0) is 21.3. The molecule has 1 N–H and O–H groups in total. The largest absolute Gasteiger partial charge is 0.416 e. The molecule has 4 nitrogen and oxygen atoms in total. The number of carbonyl (C=O) groups is 1. The molecule has 1 aliphatic heterocycles. The van der Waals surface area contributed by atoms with Gasteiger partial charge in [0.25, 0.3) is 0 Å². The maximum absolute atomic E-state index is 13.0. The summed E-state index contributed by atoms with van der Waals surface area (Å²) in [5, 5.41) is 3.98. The van der Waals surface area contributed by atoms with E-state index in [1.165, 1.54) is 47.9 Å². The van der Waals surface area contributed by atoms with Crippen LogP contribution in [0.25, 0.3) is 0 Å². The van der Waals surface area contributed by atoms with E-state index in [-0.39, 0.29) is 5.91 Å². The van der Waals surface area contributed by atoms with E-state index >= 15 is 0 Å². The lowest BCUT2D eigenvalue weighted by molar-refractivity contribution is -0.137. The fourth-order valence-corrected chi connectivity index (χ4v) is 5.67. The Bertz CT molecular complexity index is 917. The van der Waals surface area contributed by atoms with Gasteiger partial charge in [-0.05, 0) is 49.4 Å². The van der Waals surface area contributed by atoms with Gasteiger partial charge in [0.05, 0.1) is 10.6 Å². The number of hydrogen-bond acceptors (Lipinski definition) is 4. The van der Waals surface area contributed by atoms with E-state index in [9.17, 15) is 18.0 Å². The van der Waals surface area contributed by atoms with E-state index in [2.05, 4.69) is 10.2 Å². The van der Waals surface area contributed by atoms with Gasteiger partial charge < -0.3 is 10.2 Å². The first-order chi connectivity index (χ1) is 14.3. The zero-order valence-electron chi connectivity index (χ0n) is 17.0. The summed E-state index contributed by atoms with van der Waals surface area (Å²) in [6, 6.07) is 5.57. The van der Waals surface area contributed by atoms with Gasteiger partial charge in [-0.1, -0.05) is 6.07 Å². The van der Waals surface area contributed by atoms with E-state index in [1.807, 2.05) is 4.90 Å². The lowest BCUT2D eigenvalue weighted by Gasteiger charge is -2.36. The first kappa shape index (κ1) is 21.2. The first-order valence-electron chi connectivity index (χ1n) is 10.4. The average molecular weight is 438 g/mol. The van der Waals surface area contributed by atoms with Gasteiger partial charge in [0.2, 0.25) is 5.91 Å². The van der Waals surface area contributed by atoms with Crippen molar-refractivity contribution in [2.45, 2.75) is 45.3 Å². The molecule has 0 spiro atoms. The SMILES string of the molecule is CC(=O)Nc1sc2c(c1CN1CCN(c3cccc(C(F)(F)F)c3)CC1)CCCC2. The van der Waals surface area contributed by atoms with Crippen LogP contribution in [-0.4, -0.2) is 37.0 Å². The maximum Gasteiger partial charge on any atom is 0.416 e. The van der Waals surface area contributed by atoms with Crippen molar-refractivity contribution < 1.29 is 18.0 Å². The number of thiophene rings is 1. The van der Waals surface area contributed by atoms with Crippen molar-refractivity contribution in [2.75, 3.05) is 36.4 Å². The fraction of sp³-hybridized carbons (Fsp3) is 0.500. The molecule has 2 heterocycles. The third-order valence-electron chi connectivity index (χ3n) is 5.86. The molecule has 2 aromatic rings. The van der Waals surface area contributed by atoms with Gasteiger partial charge >= 0.3 is 6.18 Å². The van der Waals surface area contributed by atoms with Crippen LogP contribution in [0.3, 0.4) is 0 Å². The predicted octanol–water partition coefficient (Wildman–Crippen LogP) is 4.93. The smallest absolute Gasteiger partial charge is 0.369 e. The van der Waals surface area contributed by atoms with Crippen LogP contribution in [0.2, 0.25) is 0 Å². The van der Waals surface area contributed by atoms with Crippen molar-refractivity contribution in [3.63, 3.8) is 0 Å². The number of carbonyl (C=O) groups excluding carboxylic acids is 1. The summed E-state index contributed by atoms with van der Waals surface area (Å²) in [5.74, 6) is -0.0517. The normalized spacial score (nSPS) is 17.7. The Hall–Kier alpha value is -2.06. The average Bonchev–Trinajstić information content (AvgIpc) is 3.04. The lowest BCUT2D eigenvalue weighted by atomic mass is 9.95. The minimum absolute atomic E-state index is 0.0517. The Morgan fingerprint density at radius 1 is 1.13 bits per heavy atom. The predicted molar refractivity (Wildman–Crippen MR) is 114 cm³/mol. The second-order valence-corrected chi connectivity index (χ2v) is 9.12. The molecule has 1 aromatic heterocycles. The van der Waals surface area contributed by atoms with Crippen LogP contribution >= 0.6 is 11.3 Å². The van der Waals surface area contributed by atoms with Crippen molar-refractivity contribution in [3.05, 3.63) is 45.8 Å². The van der Waals surface area contributed by atoms with Crippen LogP contribution in [0.5, 0.6) is 0 Å². The van der Waals surface area contributed by atoms with Gasteiger partial charge in [-0.2, -0.15) is 13.2 Å². The summed E-state index contributed by atoms with van der Waals surface area (Å²) in [7, 11) is 0. The number of amides is 1. The monoisotopic (exact) mass is 437 g/mol. The number of aryl methyl sites for hydroxylation is 1. The number of nitrogens with one attached hydrogen (secondary N) is 1. The minimum atomic E-state index is -4.32. The molecule has 1 aliphatic carbocycles. The van der Waals surface area contributed by atoms with Gasteiger partial charge in [0.1, 0.15) is 0 Å². The highest BCUT2D eigenvalue weighted by molar-refractivity contribution is 7.16. The number of piperazine rings is 1. The number of fused-ring (bicyclic) bond motifs is 1. The Labute approximate surface area is 178 Å². The second-order valence-electron chi connectivity index (χ2n) is 8.01. The number of benzene rings is 1. The molecule has 30 heavy (non-hydrogen) atoms. The first-order valence-corrected chi connectivity index (χ1v) is 11.2. The second kappa shape index (κ2) is 8.59. The summed E-state index contributed by atoms with van der Waals surface area (Å²) < 4.78 is 39.1. The molecule has 4 rings (SSSR count). The van der Waals surface area contributed by atoms with Gasteiger partial charge in [-0.25, -0.2) is 0 Å². The van der Waals surface area contributed by atoms with E-state index in [0.717, 1.165) is 43.5 Å². The van der Waals surface area contributed by atoms with E-state index in [0.29, 0.717) is 18.8 Å². The quantitative estimate of drug-likeness (QED) is 0.737. The standard InChI is InChI=1S/C22H26F3N3OS/c1-15(29)26-21-19(18-7-2-3-8-20(18)30-21)14-27-9-11-28(12-10-27)17-6-4-5-16(13-17)22(23,24)25/h4-6,13H,2-3,7-12,14H2,1H3,(H,26,29). The summed E-state index contributed by atoms with van der Waals surface area (Å²) in [4.78, 5) is 17.4. The molecular formula is C22H26F3N3OS. The van der Waals surface area contributed by atoms with Crippen LogP contribution in [0.1, 0.15) is 41.3 Å². The number of nitrogens with zero attached hydrogens (tertiary/aromatic N) is 2. The van der Waals surface area contributed by atoms with Gasteiger partial charge in [0, 0.05) is 55.8 Å². The zero-order valence-corrected chi connectivity index (χ0v) is 17.8. The number of rotatable bonds is 4. The third kappa shape index (κ3) is 4.64. The van der Waals surface area contributed by atoms with Gasteiger partial charge in [-0.3, -0.25) is 9.69 Å². The Balaban J connectivity index is 1.44. The van der Waals surface area contributed by atoms with Crippen LogP contribution in [0.4, 0.5) is 23.9 Å². The van der Waals surface area contributed by atoms with Gasteiger partial charge in [-0.15, -0.1) is 11.3 Å². The molecule has 1 aromatic carbocycles.